The van der Waals surface area contributed by atoms with Crippen molar-refractivity contribution in [1.82, 2.24) is 4.90 Å². The third kappa shape index (κ3) is 6.34. The van der Waals surface area contributed by atoms with Crippen molar-refractivity contribution < 1.29 is 28.2 Å². The van der Waals surface area contributed by atoms with E-state index in [2.05, 4.69) is 15.9 Å². The molecular formula is C28H25BrFNO5S. The molecule has 0 aromatic heterocycles. The molecule has 1 heterocycles. The lowest BCUT2D eigenvalue weighted by Crippen LogP contribution is -2.32. The highest BCUT2D eigenvalue weighted by molar-refractivity contribution is 9.10. The van der Waals surface area contributed by atoms with Gasteiger partial charge in [-0.1, -0.05) is 30.3 Å². The Bertz CT molecular complexity index is 1380. The van der Waals surface area contributed by atoms with Crippen molar-refractivity contribution in [2.45, 2.75) is 20.5 Å². The Labute approximate surface area is 227 Å². The first-order valence-electron chi connectivity index (χ1n) is 11.5. The highest BCUT2D eigenvalue weighted by Crippen LogP contribution is 2.39. The maximum atomic E-state index is 14.0. The Hall–Kier alpha value is -3.30. The molecular weight excluding hydrogens is 561 g/mol. The summed E-state index contributed by atoms with van der Waals surface area (Å²) in [7, 11) is 1.49. The van der Waals surface area contributed by atoms with Gasteiger partial charge in [0.1, 0.15) is 24.8 Å². The van der Waals surface area contributed by atoms with Crippen LogP contribution in [0.25, 0.3) is 6.08 Å². The van der Waals surface area contributed by atoms with Crippen LogP contribution in [-0.2, 0) is 11.4 Å². The first-order valence-corrected chi connectivity index (χ1v) is 13.1. The molecule has 6 nitrogen and oxygen atoms in total. The number of thioether (sulfide) groups is 1. The van der Waals surface area contributed by atoms with Crippen molar-refractivity contribution in [3.8, 4) is 17.2 Å². The normalized spacial score (nSPS) is 14.4. The van der Waals surface area contributed by atoms with E-state index in [0.717, 1.165) is 28.6 Å². The van der Waals surface area contributed by atoms with Crippen LogP contribution in [0.4, 0.5) is 9.18 Å². The maximum Gasteiger partial charge on any atom is 0.293 e. The summed E-state index contributed by atoms with van der Waals surface area (Å²) in [5.74, 6) is 0.799. The number of halogens is 2. The van der Waals surface area contributed by atoms with Gasteiger partial charge in [0.2, 0.25) is 0 Å². The van der Waals surface area contributed by atoms with Crippen molar-refractivity contribution >= 4 is 44.9 Å². The van der Waals surface area contributed by atoms with Gasteiger partial charge in [0, 0.05) is 5.56 Å². The van der Waals surface area contributed by atoms with Crippen molar-refractivity contribution in [2.24, 2.45) is 0 Å². The third-order valence-corrected chi connectivity index (χ3v) is 7.17. The van der Waals surface area contributed by atoms with Gasteiger partial charge in [-0.25, -0.2) is 4.39 Å². The number of rotatable bonds is 9. The molecule has 1 aliphatic heterocycles. The fourth-order valence-electron chi connectivity index (χ4n) is 3.68. The summed E-state index contributed by atoms with van der Waals surface area (Å²) < 4.78 is 31.6. The van der Waals surface area contributed by atoms with E-state index >= 15 is 0 Å². The van der Waals surface area contributed by atoms with Gasteiger partial charge in [-0.3, -0.25) is 14.5 Å². The Balaban J connectivity index is 1.45. The number of benzene rings is 3. The fourth-order valence-corrected chi connectivity index (χ4v) is 5.12. The molecule has 2 amide bonds. The lowest BCUT2D eigenvalue weighted by atomic mass is 10.1. The van der Waals surface area contributed by atoms with Crippen LogP contribution in [-0.4, -0.2) is 36.3 Å². The molecule has 1 saturated heterocycles. The van der Waals surface area contributed by atoms with Crippen LogP contribution < -0.4 is 14.2 Å². The molecule has 0 saturated carbocycles. The minimum atomic E-state index is -0.380. The van der Waals surface area contributed by atoms with Gasteiger partial charge in [0.25, 0.3) is 11.1 Å². The predicted octanol–water partition coefficient (Wildman–Crippen LogP) is 6.91. The van der Waals surface area contributed by atoms with E-state index in [-0.39, 0.29) is 36.7 Å². The van der Waals surface area contributed by atoms with Crippen LogP contribution in [0.2, 0.25) is 0 Å². The van der Waals surface area contributed by atoms with Gasteiger partial charge >= 0.3 is 0 Å². The van der Waals surface area contributed by atoms with Crippen LogP contribution >= 0.6 is 27.7 Å². The topological polar surface area (TPSA) is 65.1 Å². The van der Waals surface area contributed by atoms with E-state index in [1.54, 1.807) is 36.4 Å². The van der Waals surface area contributed by atoms with Crippen molar-refractivity contribution in [3.63, 3.8) is 0 Å². The number of imide groups is 1. The molecule has 0 radical (unpaired) electrons. The first-order chi connectivity index (χ1) is 17.8. The van der Waals surface area contributed by atoms with Gasteiger partial charge in [-0.15, -0.1) is 0 Å². The summed E-state index contributed by atoms with van der Waals surface area (Å²) in [5.41, 5.74) is 3.11. The summed E-state index contributed by atoms with van der Waals surface area (Å²) >= 11 is 4.35. The zero-order chi connectivity index (χ0) is 26.5. The molecule has 1 fully saturated rings. The minimum Gasteiger partial charge on any atom is -0.493 e. The number of nitrogens with zero attached hydrogens (tertiary/aromatic N) is 1. The SMILES string of the molecule is COc1cc(/C=C2\SC(=O)N(CCOc3cc(C)ccc3C)C2=O)cc(Br)c1OCc1ccccc1F. The second-order valence-corrected chi connectivity index (χ2v) is 10.2. The molecule has 9 heteroatoms. The Morgan fingerprint density at radius 2 is 1.81 bits per heavy atom. The van der Waals surface area contributed by atoms with Crippen molar-refractivity contribution in [3.05, 3.63) is 92.0 Å². The fraction of sp³-hybridized carbons (Fsp3) is 0.214. The summed E-state index contributed by atoms with van der Waals surface area (Å²) in [6.07, 6.45) is 1.63. The number of ether oxygens (including phenoxy) is 3. The number of aryl methyl sites for hydroxylation is 2. The van der Waals surface area contributed by atoms with Crippen LogP contribution in [0.3, 0.4) is 0 Å². The lowest BCUT2D eigenvalue weighted by molar-refractivity contribution is -0.123. The molecule has 4 rings (SSSR count). The van der Waals surface area contributed by atoms with Gasteiger partial charge < -0.3 is 14.2 Å². The largest absolute Gasteiger partial charge is 0.493 e. The maximum absolute atomic E-state index is 14.0. The van der Waals surface area contributed by atoms with E-state index in [9.17, 15) is 14.0 Å². The van der Waals surface area contributed by atoms with Gasteiger partial charge in [0.15, 0.2) is 11.5 Å². The van der Waals surface area contributed by atoms with Crippen LogP contribution in [0.1, 0.15) is 22.3 Å². The summed E-state index contributed by atoms with van der Waals surface area (Å²) in [5, 5.41) is -0.350. The molecule has 0 atom stereocenters. The molecule has 192 valence electrons. The second kappa shape index (κ2) is 11.8. The molecule has 37 heavy (non-hydrogen) atoms. The Morgan fingerprint density at radius 3 is 2.57 bits per heavy atom. The second-order valence-electron chi connectivity index (χ2n) is 8.36. The van der Waals surface area contributed by atoms with E-state index < -0.39 is 0 Å². The van der Waals surface area contributed by atoms with Crippen LogP contribution in [0.5, 0.6) is 17.2 Å². The molecule has 0 spiro atoms. The van der Waals surface area contributed by atoms with Crippen molar-refractivity contribution in [2.75, 3.05) is 20.3 Å². The number of carbonyl (C=O) groups is 2. The molecule has 0 unspecified atom stereocenters. The van der Waals surface area contributed by atoms with Gasteiger partial charge in [-0.05, 0) is 88.6 Å². The molecule has 3 aromatic rings. The third-order valence-electron chi connectivity index (χ3n) is 5.67. The van der Waals surface area contributed by atoms with Gasteiger partial charge in [-0.2, -0.15) is 0 Å². The van der Waals surface area contributed by atoms with Gasteiger partial charge in [0.05, 0.1) is 23.0 Å². The number of hydrogen-bond donors (Lipinski definition) is 0. The molecule has 0 bridgehead atoms. The zero-order valence-electron chi connectivity index (χ0n) is 20.5. The van der Waals surface area contributed by atoms with Crippen molar-refractivity contribution in [1.29, 1.82) is 0 Å². The number of carbonyl (C=O) groups excluding carboxylic acids is 2. The predicted molar refractivity (Wildman–Crippen MR) is 146 cm³/mol. The van der Waals surface area contributed by atoms with E-state index in [1.165, 1.54) is 18.1 Å². The van der Waals surface area contributed by atoms with Crippen LogP contribution in [0, 0.1) is 19.7 Å². The zero-order valence-corrected chi connectivity index (χ0v) is 22.9. The molecule has 0 N–H and O–H groups in total. The average Bonchev–Trinajstić information content (AvgIpc) is 3.13. The minimum absolute atomic E-state index is 0.0179. The van der Waals surface area contributed by atoms with E-state index in [0.29, 0.717) is 32.0 Å². The van der Waals surface area contributed by atoms with E-state index in [1.807, 2.05) is 32.0 Å². The average molecular weight is 586 g/mol. The number of amides is 2. The number of methoxy groups -OCH3 is 1. The summed E-state index contributed by atoms with van der Waals surface area (Å²) in [4.78, 5) is 26.9. The quantitative estimate of drug-likeness (QED) is 0.254. The Morgan fingerprint density at radius 1 is 1.03 bits per heavy atom. The highest BCUT2D eigenvalue weighted by Gasteiger charge is 2.35. The summed E-state index contributed by atoms with van der Waals surface area (Å²) in [6.45, 7) is 4.28. The molecule has 0 aliphatic carbocycles. The Kier molecular flexibility index (Phi) is 8.56. The van der Waals surface area contributed by atoms with Crippen LogP contribution in [0.15, 0.2) is 64.0 Å². The highest BCUT2D eigenvalue weighted by atomic mass is 79.9. The van der Waals surface area contributed by atoms with E-state index in [4.69, 9.17) is 14.2 Å². The monoisotopic (exact) mass is 585 g/mol. The smallest absolute Gasteiger partial charge is 0.293 e. The lowest BCUT2D eigenvalue weighted by Gasteiger charge is -2.15. The molecule has 1 aliphatic rings. The number of hydrogen-bond acceptors (Lipinski definition) is 6. The summed E-state index contributed by atoms with van der Waals surface area (Å²) in [6, 6.07) is 15.7. The molecule has 3 aromatic carbocycles. The first kappa shape index (κ1) is 26.8. The standard InChI is InChI=1S/C28H25BrFNO5S/c1-17-8-9-18(2)23(12-17)35-11-10-31-27(32)25(37-28(31)33)15-19-13-21(29)26(24(14-19)34-3)36-16-20-6-4-5-7-22(20)30/h4-9,12-15H,10-11,16H2,1-3H3/b25-15-.